The molecule has 0 bridgehead atoms. The van der Waals surface area contributed by atoms with E-state index in [0.717, 1.165) is 89.1 Å². The number of carbonyl (C=O) groups is 1. The molecule has 188 valence electrons. The fourth-order valence-corrected chi connectivity index (χ4v) is 5.57. The molecule has 2 aliphatic rings. The van der Waals surface area contributed by atoms with Gasteiger partial charge in [-0.25, -0.2) is 19.7 Å². The van der Waals surface area contributed by atoms with E-state index in [9.17, 15) is 9.90 Å². The number of imidazole rings is 1. The van der Waals surface area contributed by atoms with Crippen LogP contribution in [0.3, 0.4) is 0 Å². The summed E-state index contributed by atoms with van der Waals surface area (Å²) in [7, 11) is 0. The Morgan fingerprint density at radius 2 is 1.89 bits per heavy atom. The summed E-state index contributed by atoms with van der Waals surface area (Å²) < 4.78 is 8.36. The number of benzene rings is 1. The molecule has 0 fully saturated rings. The van der Waals surface area contributed by atoms with Gasteiger partial charge in [-0.05, 0) is 86.6 Å². The second kappa shape index (κ2) is 9.35. The molecule has 3 aromatic heterocycles. The zero-order chi connectivity index (χ0) is 25.5. The number of fused-ring (bicyclic) bond motifs is 6. The Morgan fingerprint density at radius 1 is 1.05 bits per heavy atom. The molecule has 8 heteroatoms. The summed E-state index contributed by atoms with van der Waals surface area (Å²) in [5.74, 6) is 2.49. The van der Waals surface area contributed by atoms with Crippen molar-refractivity contribution in [1.29, 1.82) is 0 Å². The highest BCUT2D eigenvalue weighted by atomic mass is 16.5. The van der Waals surface area contributed by atoms with Crippen molar-refractivity contribution in [2.45, 2.75) is 46.0 Å². The molecule has 4 heterocycles. The molecule has 1 aliphatic heterocycles. The monoisotopic (exact) mass is 495 g/mol. The van der Waals surface area contributed by atoms with Crippen LogP contribution >= 0.6 is 0 Å². The van der Waals surface area contributed by atoms with Gasteiger partial charge in [-0.2, -0.15) is 0 Å². The molecule has 0 spiro atoms. The highest BCUT2D eigenvalue weighted by Crippen LogP contribution is 2.41. The second-order valence-corrected chi connectivity index (χ2v) is 9.54. The van der Waals surface area contributed by atoms with Crippen molar-refractivity contribution in [3.63, 3.8) is 0 Å². The molecule has 6 rings (SSSR count). The molecule has 0 unspecified atom stereocenters. The van der Waals surface area contributed by atoms with E-state index in [2.05, 4.69) is 40.4 Å². The maximum absolute atomic E-state index is 11.7. The van der Waals surface area contributed by atoms with E-state index in [4.69, 9.17) is 14.7 Å². The molecular formula is C29H29N5O3. The normalized spacial score (nSPS) is 13.7. The fraction of sp³-hybridized carbons (Fsp3) is 0.310. The first kappa shape index (κ1) is 23.2. The lowest BCUT2D eigenvalue weighted by molar-refractivity contribution is 0.0695. The first-order valence-corrected chi connectivity index (χ1v) is 12.8. The molecule has 1 aromatic carbocycles. The summed E-state index contributed by atoms with van der Waals surface area (Å²) in [6.07, 6.45) is 9.99. The molecule has 0 amide bonds. The van der Waals surface area contributed by atoms with E-state index in [1.165, 1.54) is 0 Å². The van der Waals surface area contributed by atoms with E-state index in [-0.39, 0.29) is 0 Å². The summed E-state index contributed by atoms with van der Waals surface area (Å²) >= 11 is 0. The van der Waals surface area contributed by atoms with Gasteiger partial charge in [0, 0.05) is 37.3 Å². The first-order chi connectivity index (χ1) is 18.1. The average Bonchev–Trinajstić information content (AvgIpc) is 3.25. The van der Waals surface area contributed by atoms with Crippen LogP contribution in [-0.4, -0.2) is 43.7 Å². The van der Waals surface area contributed by atoms with Crippen LogP contribution in [0.1, 0.15) is 52.5 Å². The number of carboxylic acids is 1. The Kier molecular flexibility index (Phi) is 5.87. The predicted molar refractivity (Wildman–Crippen MR) is 141 cm³/mol. The fourth-order valence-electron chi connectivity index (χ4n) is 5.57. The third-order valence-corrected chi connectivity index (χ3v) is 7.31. The van der Waals surface area contributed by atoms with Crippen LogP contribution in [0.2, 0.25) is 0 Å². The zero-order valence-corrected chi connectivity index (χ0v) is 21.1. The summed E-state index contributed by atoms with van der Waals surface area (Å²) in [5, 5.41) is 9.58. The Morgan fingerprint density at radius 3 is 2.70 bits per heavy atom. The van der Waals surface area contributed by atoms with Gasteiger partial charge < -0.3 is 14.7 Å². The van der Waals surface area contributed by atoms with E-state index in [1.54, 1.807) is 6.07 Å². The van der Waals surface area contributed by atoms with Crippen LogP contribution < -0.4 is 9.64 Å². The maximum Gasteiger partial charge on any atom is 0.335 e. The minimum absolute atomic E-state index is 0.402. The van der Waals surface area contributed by atoms with Gasteiger partial charge in [0.1, 0.15) is 17.4 Å². The summed E-state index contributed by atoms with van der Waals surface area (Å²) in [5.41, 5.74) is 6.43. The van der Waals surface area contributed by atoms with Crippen molar-refractivity contribution in [2.75, 3.05) is 18.1 Å². The van der Waals surface area contributed by atoms with Gasteiger partial charge in [-0.15, -0.1) is 0 Å². The molecule has 0 saturated carbocycles. The highest BCUT2D eigenvalue weighted by Gasteiger charge is 2.28. The zero-order valence-electron chi connectivity index (χ0n) is 21.1. The third-order valence-electron chi connectivity index (χ3n) is 7.31. The van der Waals surface area contributed by atoms with Crippen LogP contribution in [0.25, 0.3) is 17.1 Å². The van der Waals surface area contributed by atoms with Gasteiger partial charge in [0.2, 0.25) is 0 Å². The lowest BCUT2D eigenvalue weighted by atomic mass is 9.87. The highest BCUT2D eigenvalue weighted by molar-refractivity contribution is 5.90. The van der Waals surface area contributed by atoms with Crippen LogP contribution in [0.5, 0.6) is 5.75 Å². The van der Waals surface area contributed by atoms with E-state index in [1.807, 2.05) is 30.7 Å². The van der Waals surface area contributed by atoms with Gasteiger partial charge in [0.05, 0.1) is 23.4 Å². The lowest BCUT2D eigenvalue weighted by Gasteiger charge is -2.23. The quantitative estimate of drug-likeness (QED) is 0.388. The standard InChI is InChI=1S/C29H29N5O3/c1-3-33-26-23(27-31-16-18(2)34(27)24-9-6-13-30-28(24)33)15-19(17-32-26)12-14-37-25-11-10-22(29(35)36)20-7-4-5-8-21(20)25/h6,9-11,13,15-17H,3-5,7-8,12,14H2,1-2H3,(H,35,36). The average molecular weight is 496 g/mol. The molecule has 0 saturated heterocycles. The van der Waals surface area contributed by atoms with Crippen LogP contribution in [-0.2, 0) is 19.3 Å². The molecule has 8 nitrogen and oxygen atoms in total. The molecule has 1 aliphatic carbocycles. The molecule has 0 radical (unpaired) electrons. The largest absolute Gasteiger partial charge is 0.493 e. The Labute approximate surface area is 215 Å². The molecule has 4 aromatic rings. The maximum atomic E-state index is 11.7. The number of hydrogen-bond donors (Lipinski definition) is 1. The second-order valence-electron chi connectivity index (χ2n) is 9.54. The minimum atomic E-state index is -0.868. The number of anilines is 2. The first-order valence-electron chi connectivity index (χ1n) is 12.8. The molecular weight excluding hydrogens is 466 g/mol. The summed E-state index contributed by atoms with van der Waals surface area (Å²) in [6, 6.07) is 9.66. The van der Waals surface area contributed by atoms with E-state index >= 15 is 0 Å². The van der Waals surface area contributed by atoms with Crippen LogP contribution in [0.15, 0.2) is 48.9 Å². The van der Waals surface area contributed by atoms with Crippen LogP contribution in [0.4, 0.5) is 11.6 Å². The predicted octanol–water partition coefficient (Wildman–Crippen LogP) is 5.31. The van der Waals surface area contributed by atoms with Gasteiger partial charge in [-0.1, -0.05) is 0 Å². The van der Waals surface area contributed by atoms with Gasteiger partial charge in [-0.3, -0.25) is 4.57 Å². The topological polar surface area (TPSA) is 93.4 Å². The lowest BCUT2D eigenvalue weighted by Crippen LogP contribution is -2.20. The van der Waals surface area contributed by atoms with Crippen molar-refractivity contribution in [3.8, 4) is 22.8 Å². The van der Waals surface area contributed by atoms with Crippen molar-refractivity contribution in [3.05, 3.63) is 76.9 Å². The van der Waals surface area contributed by atoms with Crippen molar-refractivity contribution < 1.29 is 14.6 Å². The van der Waals surface area contributed by atoms with Crippen molar-refractivity contribution in [1.82, 2.24) is 19.5 Å². The molecule has 1 N–H and O–H groups in total. The Bertz CT molecular complexity index is 1510. The number of carboxylic acid groups (broad SMARTS) is 1. The smallest absolute Gasteiger partial charge is 0.335 e. The number of aryl methyl sites for hydroxylation is 1. The Hall–Kier alpha value is -4.20. The SMILES string of the molecule is CCN1c2ncc(CCOc3ccc(C(=O)O)c4c3CCCC4)cc2-c2ncc(C)n2-c2cccnc21. The van der Waals surface area contributed by atoms with Crippen molar-refractivity contribution >= 4 is 17.6 Å². The molecule has 0 atom stereocenters. The number of aromatic nitrogens is 4. The van der Waals surface area contributed by atoms with Gasteiger partial charge in [0.15, 0.2) is 5.82 Å². The number of aromatic carboxylic acids is 1. The third kappa shape index (κ3) is 3.93. The molecule has 37 heavy (non-hydrogen) atoms. The van der Waals surface area contributed by atoms with Gasteiger partial charge in [0.25, 0.3) is 0 Å². The number of ether oxygens (including phenoxy) is 1. The number of hydrogen-bond acceptors (Lipinski definition) is 6. The number of rotatable bonds is 6. The summed E-state index contributed by atoms with van der Waals surface area (Å²) in [6.45, 7) is 5.36. The number of pyridine rings is 2. The summed E-state index contributed by atoms with van der Waals surface area (Å²) in [4.78, 5) is 28.1. The number of nitrogens with zero attached hydrogens (tertiary/aromatic N) is 5. The minimum Gasteiger partial charge on any atom is -0.493 e. The van der Waals surface area contributed by atoms with E-state index in [0.29, 0.717) is 18.6 Å². The van der Waals surface area contributed by atoms with Gasteiger partial charge >= 0.3 is 5.97 Å². The van der Waals surface area contributed by atoms with Crippen LogP contribution in [0, 0.1) is 6.92 Å². The Balaban J connectivity index is 1.30. The van der Waals surface area contributed by atoms with Crippen molar-refractivity contribution in [2.24, 2.45) is 0 Å². The van der Waals surface area contributed by atoms with E-state index < -0.39 is 5.97 Å².